The van der Waals surface area contributed by atoms with E-state index in [1.54, 1.807) is 4.68 Å². The van der Waals surface area contributed by atoms with Crippen LogP contribution in [0.1, 0.15) is 37.8 Å². The Balaban J connectivity index is 1.61. The lowest BCUT2D eigenvalue weighted by Gasteiger charge is -2.06. The molecule has 0 saturated carbocycles. The summed E-state index contributed by atoms with van der Waals surface area (Å²) in [5.74, 6) is 2.02. The van der Waals surface area contributed by atoms with Gasteiger partial charge >= 0.3 is 0 Å². The van der Waals surface area contributed by atoms with Gasteiger partial charge < -0.3 is 5.32 Å². The molecule has 0 radical (unpaired) electrons. The van der Waals surface area contributed by atoms with Crippen LogP contribution in [-0.4, -0.2) is 26.7 Å². The highest BCUT2D eigenvalue weighted by molar-refractivity contribution is 8.77. The molecule has 6 heteroatoms. The zero-order chi connectivity index (χ0) is 13.7. The predicted octanol–water partition coefficient (Wildman–Crippen LogP) is 3.38. The molecule has 1 atom stereocenters. The van der Waals surface area contributed by atoms with Crippen molar-refractivity contribution in [2.24, 2.45) is 7.05 Å². The van der Waals surface area contributed by atoms with Gasteiger partial charge in [0, 0.05) is 36.2 Å². The van der Waals surface area contributed by atoms with Crippen LogP contribution in [-0.2, 0) is 11.8 Å². The molecule has 0 spiro atoms. The number of aromatic nitrogens is 2. The highest BCUT2D eigenvalue weighted by Crippen LogP contribution is 2.39. The molecule has 19 heavy (non-hydrogen) atoms. The molecule has 106 valence electrons. The van der Waals surface area contributed by atoms with Crippen molar-refractivity contribution in [1.82, 2.24) is 9.78 Å². The number of nitrogens with one attached hydrogen (secondary N) is 1. The van der Waals surface area contributed by atoms with Crippen molar-refractivity contribution in [1.29, 1.82) is 0 Å². The third kappa shape index (κ3) is 4.76. The number of unbranched alkanes of at least 4 members (excludes halogenated alkanes) is 1. The number of carbonyl (C=O) groups is 1. The number of aryl methyl sites for hydroxylation is 2. The van der Waals surface area contributed by atoms with Gasteiger partial charge in [0.25, 0.3) is 0 Å². The molecule has 1 aliphatic heterocycles. The van der Waals surface area contributed by atoms with E-state index in [4.69, 9.17) is 0 Å². The molecular formula is C13H21N3OS2. The molecule has 0 aromatic carbocycles. The van der Waals surface area contributed by atoms with Crippen molar-refractivity contribution in [3.05, 3.63) is 11.8 Å². The second-order valence-electron chi connectivity index (χ2n) is 4.92. The fraction of sp³-hybridized carbons (Fsp3) is 0.692. The van der Waals surface area contributed by atoms with Crippen molar-refractivity contribution >= 4 is 33.3 Å². The van der Waals surface area contributed by atoms with Crippen LogP contribution in [0.4, 0.5) is 5.82 Å². The molecular weight excluding hydrogens is 278 g/mol. The maximum absolute atomic E-state index is 11.8. The van der Waals surface area contributed by atoms with Crippen LogP contribution >= 0.6 is 21.6 Å². The predicted molar refractivity (Wildman–Crippen MR) is 83.5 cm³/mol. The summed E-state index contributed by atoms with van der Waals surface area (Å²) in [6.07, 6.45) is 5.29. The Morgan fingerprint density at radius 3 is 3.05 bits per heavy atom. The Kier molecular flexibility index (Phi) is 5.63. The number of hydrogen-bond acceptors (Lipinski definition) is 4. The number of carbonyl (C=O) groups excluding carboxylic acids is 1. The summed E-state index contributed by atoms with van der Waals surface area (Å²) in [6.45, 7) is 1.97. The van der Waals surface area contributed by atoms with Crippen LogP contribution in [0.25, 0.3) is 0 Å². The normalized spacial score (nSPS) is 18.7. The molecule has 0 aliphatic carbocycles. The van der Waals surface area contributed by atoms with Gasteiger partial charge in [-0.15, -0.1) is 0 Å². The molecule has 1 amide bonds. The first-order valence-corrected chi connectivity index (χ1v) is 9.12. The number of rotatable bonds is 6. The lowest BCUT2D eigenvalue weighted by atomic mass is 10.1. The van der Waals surface area contributed by atoms with E-state index in [1.165, 1.54) is 18.6 Å². The van der Waals surface area contributed by atoms with Crippen molar-refractivity contribution in [3.63, 3.8) is 0 Å². The first kappa shape index (κ1) is 14.8. The molecule has 2 rings (SSSR count). The maximum atomic E-state index is 11.8. The zero-order valence-corrected chi connectivity index (χ0v) is 13.1. The van der Waals surface area contributed by atoms with Gasteiger partial charge in [-0.05, 0) is 26.2 Å². The van der Waals surface area contributed by atoms with Crippen LogP contribution in [0.15, 0.2) is 6.07 Å². The Morgan fingerprint density at radius 1 is 1.58 bits per heavy atom. The van der Waals surface area contributed by atoms with E-state index in [0.717, 1.165) is 23.8 Å². The van der Waals surface area contributed by atoms with Gasteiger partial charge in [-0.3, -0.25) is 9.48 Å². The minimum absolute atomic E-state index is 0.0755. The van der Waals surface area contributed by atoms with E-state index >= 15 is 0 Å². The highest BCUT2D eigenvalue weighted by atomic mass is 33.1. The van der Waals surface area contributed by atoms with Crippen LogP contribution < -0.4 is 5.32 Å². The highest BCUT2D eigenvalue weighted by Gasteiger charge is 2.15. The molecule has 4 nitrogen and oxygen atoms in total. The Hall–Kier alpha value is -0.620. The molecule has 1 aromatic rings. The standard InChI is InChI=1S/C13H21N3OS2/c1-10-9-12(15-16(10)2)14-13(17)6-4-3-5-11-7-8-18-19-11/h9,11H,3-8H2,1-2H3,(H,14,15,17)/t11-/m1/s1. The molecule has 1 fully saturated rings. The minimum atomic E-state index is 0.0755. The summed E-state index contributed by atoms with van der Waals surface area (Å²) in [4.78, 5) is 11.8. The Bertz CT molecular complexity index is 408. The van der Waals surface area contributed by atoms with Gasteiger partial charge in [-0.1, -0.05) is 28.0 Å². The van der Waals surface area contributed by atoms with Gasteiger partial charge in [-0.2, -0.15) is 5.10 Å². The lowest BCUT2D eigenvalue weighted by molar-refractivity contribution is -0.116. The maximum Gasteiger partial charge on any atom is 0.225 e. The Labute approximate surface area is 122 Å². The van der Waals surface area contributed by atoms with Gasteiger partial charge in [0.1, 0.15) is 0 Å². The quantitative estimate of drug-likeness (QED) is 0.646. The average Bonchev–Trinajstić information content (AvgIpc) is 2.96. The number of anilines is 1. The van der Waals surface area contributed by atoms with Crippen LogP contribution in [0, 0.1) is 6.92 Å². The summed E-state index contributed by atoms with van der Waals surface area (Å²) < 4.78 is 1.77. The summed E-state index contributed by atoms with van der Waals surface area (Å²) in [7, 11) is 5.87. The minimum Gasteiger partial charge on any atom is -0.309 e. The van der Waals surface area contributed by atoms with Crippen LogP contribution in [0.3, 0.4) is 0 Å². The summed E-state index contributed by atoms with van der Waals surface area (Å²) >= 11 is 0. The molecule has 0 unspecified atom stereocenters. The van der Waals surface area contributed by atoms with E-state index in [9.17, 15) is 4.79 Å². The smallest absolute Gasteiger partial charge is 0.225 e. The second kappa shape index (κ2) is 7.24. The van der Waals surface area contributed by atoms with Crippen molar-refractivity contribution in [3.8, 4) is 0 Å². The third-order valence-electron chi connectivity index (χ3n) is 3.29. The van der Waals surface area contributed by atoms with Gasteiger partial charge in [0.2, 0.25) is 5.91 Å². The van der Waals surface area contributed by atoms with Crippen LogP contribution in [0.2, 0.25) is 0 Å². The van der Waals surface area contributed by atoms with Gasteiger partial charge in [-0.25, -0.2) is 0 Å². The number of hydrogen-bond donors (Lipinski definition) is 1. The molecule has 1 aliphatic rings. The van der Waals surface area contributed by atoms with Crippen molar-refractivity contribution in [2.45, 2.75) is 44.3 Å². The van der Waals surface area contributed by atoms with Crippen LogP contribution in [0.5, 0.6) is 0 Å². The second-order valence-corrected chi connectivity index (χ2v) is 7.70. The summed E-state index contributed by atoms with van der Waals surface area (Å²) in [5.41, 5.74) is 1.05. The van der Waals surface area contributed by atoms with E-state index in [2.05, 4.69) is 10.4 Å². The molecule has 1 saturated heterocycles. The topological polar surface area (TPSA) is 46.9 Å². The molecule has 1 aromatic heterocycles. The van der Waals surface area contributed by atoms with Gasteiger partial charge in [0.05, 0.1) is 0 Å². The van der Waals surface area contributed by atoms with Crippen molar-refractivity contribution in [2.75, 3.05) is 11.1 Å². The SMILES string of the molecule is Cc1cc(NC(=O)CCCC[C@@H]2CCSS2)nn1C. The largest absolute Gasteiger partial charge is 0.309 e. The average molecular weight is 299 g/mol. The molecule has 2 heterocycles. The molecule has 0 bridgehead atoms. The van der Waals surface area contributed by atoms with E-state index in [1.807, 2.05) is 41.6 Å². The summed E-state index contributed by atoms with van der Waals surface area (Å²) in [6, 6.07) is 1.89. The summed E-state index contributed by atoms with van der Waals surface area (Å²) in [5, 5.41) is 7.88. The van der Waals surface area contributed by atoms with Gasteiger partial charge in [0.15, 0.2) is 5.82 Å². The zero-order valence-electron chi connectivity index (χ0n) is 11.5. The fourth-order valence-corrected chi connectivity index (χ4v) is 5.08. The van der Waals surface area contributed by atoms with E-state index in [0.29, 0.717) is 12.2 Å². The number of nitrogens with zero attached hydrogens (tertiary/aromatic N) is 2. The lowest BCUT2D eigenvalue weighted by Crippen LogP contribution is -2.12. The van der Waals surface area contributed by atoms with E-state index < -0.39 is 0 Å². The first-order valence-electron chi connectivity index (χ1n) is 6.74. The fourth-order valence-electron chi connectivity index (χ4n) is 2.05. The number of amides is 1. The van der Waals surface area contributed by atoms with Crippen molar-refractivity contribution < 1.29 is 4.79 Å². The Morgan fingerprint density at radius 2 is 2.42 bits per heavy atom. The van der Waals surface area contributed by atoms with E-state index in [-0.39, 0.29) is 5.91 Å². The first-order chi connectivity index (χ1) is 9.15. The molecule has 1 N–H and O–H groups in total. The monoisotopic (exact) mass is 299 g/mol. The third-order valence-corrected chi connectivity index (χ3v) is 6.30.